The third kappa shape index (κ3) is 4.87. The van der Waals surface area contributed by atoms with Crippen molar-refractivity contribution in [3.63, 3.8) is 0 Å². The maximum Gasteiger partial charge on any atom is 0.348 e. The Bertz CT molecular complexity index is 850. The fourth-order valence-corrected chi connectivity index (χ4v) is 3.97. The number of benzene rings is 1. The third-order valence-electron chi connectivity index (χ3n) is 4.44. The van der Waals surface area contributed by atoms with E-state index in [2.05, 4.69) is 0 Å². The normalized spacial score (nSPS) is 16.8. The average molecular weight is 407 g/mol. The van der Waals surface area contributed by atoms with Crippen molar-refractivity contribution in [1.82, 2.24) is 4.90 Å². The van der Waals surface area contributed by atoms with Crippen LogP contribution in [0.5, 0.6) is 0 Å². The number of nitrogens with two attached hydrogens (primary N) is 1. The molecule has 1 aromatic heterocycles. The molecule has 0 radical (unpaired) electrons. The van der Waals surface area contributed by atoms with Crippen LogP contribution in [-0.2, 0) is 14.3 Å². The summed E-state index contributed by atoms with van der Waals surface area (Å²) in [5.41, 5.74) is 6.27. The van der Waals surface area contributed by atoms with E-state index in [4.69, 9.17) is 22.1 Å². The Kier molecular flexibility index (Phi) is 6.13. The lowest BCUT2D eigenvalue weighted by atomic mass is 9.97. The molecule has 142 valence electrons. The second kappa shape index (κ2) is 8.54. The molecule has 1 saturated heterocycles. The number of piperidine rings is 1. The number of likely N-dealkylation sites (tertiary alicyclic amines) is 1. The van der Waals surface area contributed by atoms with Crippen LogP contribution in [0.4, 0.5) is 0 Å². The van der Waals surface area contributed by atoms with Crippen LogP contribution in [0.2, 0.25) is 5.02 Å². The van der Waals surface area contributed by atoms with E-state index in [0.29, 0.717) is 29.3 Å². The molecule has 0 aliphatic carbocycles. The number of esters is 1. The first-order valence-electron chi connectivity index (χ1n) is 8.54. The van der Waals surface area contributed by atoms with Crippen LogP contribution in [0.15, 0.2) is 36.4 Å². The van der Waals surface area contributed by atoms with E-state index in [1.54, 1.807) is 18.2 Å². The molecule has 1 aromatic carbocycles. The van der Waals surface area contributed by atoms with E-state index in [-0.39, 0.29) is 25.0 Å². The summed E-state index contributed by atoms with van der Waals surface area (Å²) in [5.74, 6) is -1.60. The molecular formula is C19H19ClN2O4S. The monoisotopic (exact) mass is 406 g/mol. The fourth-order valence-electron chi connectivity index (χ4n) is 2.94. The number of hydrogen-bond donors (Lipinski definition) is 1. The summed E-state index contributed by atoms with van der Waals surface area (Å²) in [6.07, 6.45) is 1.39. The van der Waals surface area contributed by atoms with Gasteiger partial charge in [-0.15, -0.1) is 11.3 Å². The smallest absolute Gasteiger partial charge is 0.348 e. The van der Waals surface area contributed by atoms with Crippen molar-refractivity contribution in [3.05, 3.63) is 46.3 Å². The van der Waals surface area contributed by atoms with Crippen molar-refractivity contribution in [2.75, 3.05) is 19.7 Å². The number of hydrogen-bond acceptors (Lipinski definition) is 5. The van der Waals surface area contributed by atoms with Gasteiger partial charge >= 0.3 is 5.97 Å². The molecule has 3 rings (SSSR count). The van der Waals surface area contributed by atoms with Crippen LogP contribution in [0.25, 0.3) is 10.4 Å². The predicted octanol–water partition coefficient (Wildman–Crippen LogP) is 2.95. The maximum absolute atomic E-state index is 12.2. The molecule has 0 bridgehead atoms. The maximum atomic E-state index is 12.2. The lowest BCUT2D eigenvalue weighted by molar-refractivity contribution is -0.137. The van der Waals surface area contributed by atoms with Crippen molar-refractivity contribution >= 4 is 40.7 Å². The molecule has 6 nitrogen and oxygen atoms in total. The Morgan fingerprint density at radius 1 is 1.19 bits per heavy atom. The minimum absolute atomic E-state index is 0.283. The van der Waals surface area contributed by atoms with Crippen molar-refractivity contribution in [1.29, 1.82) is 0 Å². The number of rotatable bonds is 5. The van der Waals surface area contributed by atoms with Gasteiger partial charge in [0.1, 0.15) is 4.88 Å². The number of thiophene rings is 1. The molecule has 2 aromatic rings. The quantitative estimate of drug-likeness (QED) is 0.773. The Hall–Kier alpha value is -2.38. The summed E-state index contributed by atoms with van der Waals surface area (Å²) in [7, 11) is 0. The van der Waals surface area contributed by atoms with Gasteiger partial charge in [-0.2, -0.15) is 0 Å². The number of nitrogens with zero attached hydrogens (tertiary/aromatic N) is 1. The van der Waals surface area contributed by atoms with Crippen LogP contribution < -0.4 is 5.73 Å². The van der Waals surface area contributed by atoms with Gasteiger partial charge < -0.3 is 15.4 Å². The van der Waals surface area contributed by atoms with Crippen LogP contribution in [0.1, 0.15) is 22.5 Å². The van der Waals surface area contributed by atoms with E-state index in [1.165, 1.54) is 16.2 Å². The topological polar surface area (TPSA) is 89.7 Å². The van der Waals surface area contributed by atoms with Gasteiger partial charge in [0.15, 0.2) is 6.61 Å². The van der Waals surface area contributed by atoms with Crippen molar-refractivity contribution < 1.29 is 19.1 Å². The summed E-state index contributed by atoms with van der Waals surface area (Å²) in [4.78, 5) is 38.6. The number of ether oxygens (including phenoxy) is 1. The van der Waals surface area contributed by atoms with Crippen molar-refractivity contribution in [2.45, 2.75) is 12.8 Å². The van der Waals surface area contributed by atoms with Crippen molar-refractivity contribution in [2.24, 2.45) is 11.7 Å². The molecule has 1 aliphatic rings. The highest BCUT2D eigenvalue weighted by Crippen LogP contribution is 2.29. The van der Waals surface area contributed by atoms with Gasteiger partial charge in [0.2, 0.25) is 5.91 Å². The number of carbonyl (C=O) groups excluding carboxylic acids is 3. The fraction of sp³-hybridized carbons (Fsp3) is 0.316. The largest absolute Gasteiger partial charge is 0.451 e. The molecule has 1 aliphatic heterocycles. The minimum atomic E-state index is -0.544. The Balaban J connectivity index is 1.55. The van der Waals surface area contributed by atoms with Crippen molar-refractivity contribution in [3.8, 4) is 10.4 Å². The van der Waals surface area contributed by atoms with Crippen LogP contribution in [0, 0.1) is 5.92 Å². The standard InChI is InChI=1S/C19H19ClN2O4S/c20-14-5-3-12(4-6-14)15-7-8-16(27-15)19(25)26-11-17(23)22-9-1-2-13(10-22)18(21)24/h3-8,13H,1-2,9-11H2,(H2,21,24)/t13-/m1/s1. The molecule has 8 heteroatoms. The first kappa shape index (κ1) is 19.4. The van der Waals surface area contributed by atoms with Gasteiger partial charge in [0, 0.05) is 23.0 Å². The third-order valence-corrected chi connectivity index (χ3v) is 5.81. The molecule has 1 fully saturated rings. The lowest BCUT2D eigenvalue weighted by Gasteiger charge is -2.30. The predicted molar refractivity (Wildman–Crippen MR) is 104 cm³/mol. The van der Waals surface area contributed by atoms with Gasteiger partial charge in [-0.3, -0.25) is 9.59 Å². The summed E-state index contributed by atoms with van der Waals surface area (Å²) < 4.78 is 5.15. The summed E-state index contributed by atoms with van der Waals surface area (Å²) >= 11 is 7.17. The Labute approximate surface area is 165 Å². The highest BCUT2D eigenvalue weighted by molar-refractivity contribution is 7.17. The molecule has 1 atom stereocenters. The number of amides is 2. The number of halogens is 1. The van der Waals surface area contributed by atoms with Crippen LogP contribution in [0.3, 0.4) is 0 Å². The number of carbonyl (C=O) groups is 3. The first-order chi connectivity index (χ1) is 12.9. The highest BCUT2D eigenvalue weighted by atomic mass is 35.5. The zero-order chi connectivity index (χ0) is 19.4. The highest BCUT2D eigenvalue weighted by Gasteiger charge is 2.27. The minimum Gasteiger partial charge on any atom is -0.451 e. The second-order valence-electron chi connectivity index (χ2n) is 6.33. The summed E-state index contributed by atoms with van der Waals surface area (Å²) in [6, 6.07) is 10.8. The molecule has 2 N–H and O–H groups in total. The van der Waals surface area contributed by atoms with Gasteiger partial charge in [-0.05, 0) is 42.7 Å². The van der Waals surface area contributed by atoms with E-state index in [9.17, 15) is 14.4 Å². The van der Waals surface area contributed by atoms with Gasteiger partial charge in [0.25, 0.3) is 5.91 Å². The summed E-state index contributed by atoms with van der Waals surface area (Å²) in [5, 5.41) is 0.643. The Morgan fingerprint density at radius 3 is 2.63 bits per heavy atom. The summed E-state index contributed by atoms with van der Waals surface area (Å²) in [6.45, 7) is 0.476. The van der Waals surface area contributed by atoms with E-state index < -0.39 is 11.9 Å². The lowest BCUT2D eigenvalue weighted by Crippen LogP contribution is -2.45. The van der Waals surface area contributed by atoms with E-state index in [0.717, 1.165) is 10.4 Å². The zero-order valence-electron chi connectivity index (χ0n) is 14.5. The second-order valence-corrected chi connectivity index (χ2v) is 7.85. The molecule has 2 amide bonds. The molecule has 27 heavy (non-hydrogen) atoms. The molecule has 0 saturated carbocycles. The SMILES string of the molecule is NC(=O)[C@@H]1CCCN(C(=O)COC(=O)c2ccc(-c3ccc(Cl)cc3)s2)C1. The average Bonchev–Trinajstić information content (AvgIpc) is 3.16. The molecule has 0 spiro atoms. The van der Waals surface area contributed by atoms with Gasteiger partial charge in [0.05, 0.1) is 5.92 Å². The first-order valence-corrected chi connectivity index (χ1v) is 9.73. The number of primary amides is 1. The van der Waals surface area contributed by atoms with E-state index in [1.807, 2.05) is 18.2 Å². The Morgan fingerprint density at radius 2 is 1.93 bits per heavy atom. The molecule has 0 unspecified atom stereocenters. The van der Waals surface area contributed by atoms with Crippen LogP contribution in [-0.4, -0.2) is 42.4 Å². The molecular weight excluding hydrogens is 388 g/mol. The van der Waals surface area contributed by atoms with Gasteiger partial charge in [-0.1, -0.05) is 23.7 Å². The zero-order valence-corrected chi connectivity index (χ0v) is 16.1. The van der Waals surface area contributed by atoms with Gasteiger partial charge in [-0.25, -0.2) is 4.79 Å². The van der Waals surface area contributed by atoms with E-state index >= 15 is 0 Å². The molecule has 2 heterocycles. The van der Waals surface area contributed by atoms with Crippen LogP contribution >= 0.6 is 22.9 Å².